The number of hydrogen-bond acceptors (Lipinski definition) is 4. The maximum Gasteiger partial charge on any atom is 0.262 e. The van der Waals surface area contributed by atoms with Crippen molar-refractivity contribution in [1.29, 1.82) is 0 Å². The highest BCUT2D eigenvalue weighted by molar-refractivity contribution is 7.89. The molecular weight excluding hydrogens is 424 g/mol. The number of benzene rings is 3. The van der Waals surface area contributed by atoms with Crippen molar-refractivity contribution in [3.05, 3.63) is 65.7 Å². The van der Waals surface area contributed by atoms with Crippen molar-refractivity contribution in [2.24, 2.45) is 0 Å². The molecular formula is C22H21ClN2O4S. The third-order valence-corrected chi connectivity index (χ3v) is 7.37. The number of ether oxygens (including phenoxy) is 1. The van der Waals surface area contributed by atoms with Gasteiger partial charge in [-0.1, -0.05) is 41.9 Å². The van der Waals surface area contributed by atoms with Crippen LogP contribution in [0.25, 0.3) is 10.8 Å². The molecule has 1 saturated heterocycles. The molecule has 1 fully saturated rings. The van der Waals surface area contributed by atoms with Gasteiger partial charge in [0.15, 0.2) is 6.61 Å². The molecule has 4 rings (SSSR count). The number of carbonyl (C=O) groups is 1. The van der Waals surface area contributed by atoms with Gasteiger partial charge in [-0.25, -0.2) is 8.42 Å². The second-order valence-electron chi connectivity index (χ2n) is 7.10. The lowest BCUT2D eigenvalue weighted by Gasteiger charge is -2.17. The minimum Gasteiger partial charge on any atom is -0.484 e. The summed E-state index contributed by atoms with van der Waals surface area (Å²) in [4.78, 5) is 12.3. The Morgan fingerprint density at radius 3 is 2.50 bits per heavy atom. The molecule has 30 heavy (non-hydrogen) atoms. The minimum atomic E-state index is -3.68. The first-order chi connectivity index (χ1) is 14.4. The average Bonchev–Trinajstić information content (AvgIpc) is 3.29. The number of sulfonamides is 1. The van der Waals surface area contributed by atoms with Crippen molar-refractivity contribution in [2.75, 3.05) is 25.0 Å². The van der Waals surface area contributed by atoms with Crippen LogP contribution < -0.4 is 10.1 Å². The average molecular weight is 445 g/mol. The molecule has 3 aromatic rings. The van der Waals surface area contributed by atoms with Crippen LogP contribution in [-0.4, -0.2) is 38.3 Å². The van der Waals surface area contributed by atoms with Crippen molar-refractivity contribution in [2.45, 2.75) is 17.7 Å². The zero-order valence-corrected chi connectivity index (χ0v) is 17.7. The zero-order chi connectivity index (χ0) is 21.1. The number of nitrogens with one attached hydrogen (secondary N) is 1. The molecule has 0 aromatic heterocycles. The predicted octanol–water partition coefficient (Wildman–Crippen LogP) is 4.30. The van der Waals surface area contributed by atoms with Gasteiger partial charge >= 0.3 is 0 Å². The maximum absolute atomic E-state index is 12.8. The predicted molar refractivity (Wildman–Crippen MR) is 118 cm³/mol. The summed E-state index contributed by atoms with van der Waals surface area (Å²) in [5, 5.41) is 4.91. The molecule has 1 aliphatic rings. The smallest absolute Gasteiger partial charge is 0.262 e. The van der Waals surface area contributed by atoms with E-state index in [2.05, 4.69) is 5.32 Å². The fraction of sp³-hybridized carbons (Fsp3) is 0.227. The maximum atomic E-state index is 12.8. The first-order valence-corrected chi connectivity index (χ1v) is 11.5. The van der Waals surface area contributed by atoms with E-state index in [0.29, 0.717) is 24.5 Å². The number of nitrogens with zero attached hydrogens (tertiary/aromatic N) is 1. The number of rotatable bonds is 6. The third kappa shape index (κ3) is 4.43. The van der Waals surface area contributed by atoms with E-state index < -0.39 is 15.9 Å². The van der Waals surface area contributed by atoms with Gasteiger partial charge in [0.2, 0.25) is 10.0 Å². The largest absolute Gasteiger partial charge is 0.484 e. The molecule has 0 aliphatic carbocycles. The summed E-state index contributed by atoms with van der Waals surface area (Å²) < 4.78 is 32.6. The molecule has 1 aliphatic heterocycles. The van der Waals surface area contributed by atoms with E-state index in [1.807, 2.05) is 36.4 Å². The standard InChI is InChI=1S/C22H21ClN2O4S/c23-20-10-8-18(14-21(20)30(27,28)25-11-3-4-12-25)24-22(26)15-29-19-9-7-16-5-1-2-6-17(16)13-19/h1-2,5-10,13-14H,3-4,11-12,15H2,(H,24,26). The SMILES string of the molecule is O=C(COc1ccc2ccccc2c1)Nc1ccc(Cl)c(S(=O)(=O)N2CCCC2)c1. The van der Waals surface area contributed by atoms with Gasteiger partial charge in [-0.05, 0) is 53.9 Å². The summed E-state index contributed by atoms with van der Waals surface area (Å²) in [7, 11) is -3.68. The molecule has 0 unspecified atom stereocenters. The van der Waals surface area contributed by atoms with Crippen LogP contribution in [0.4, 0.5) is 5.69 Å². The molecule has 0 saturated carbocycles. The Morgan fingerprint density at radius 1 is 1.00 bits per heavy atom. The van der Waals surface area contributed by atoms with Crippen molar-refractivity contribution < 1.29 is 17.9 Å². The van der Waals surface area contributed by atoms with Crippen LogP contribution in [0.15, 0.2) is 65.6 Å². The Labute approximate surface area is 180 Å². The van der Waals surface area contributed by atoms with Crippen molar-refractivity contribution in [3.8, 4) is 5.75 Å². The highest BCUT2D eigenvalue weighted by atomic mass is 35.5. The van der Waals surface area contributed by atoms with Crippen molar-refractivity contribution in [3.63, 3.8) is 0 Å². The Morgan fingerprint density at radius 2 is 1.73 bits per heavy atom. The number of amides is 1. The quantitative estimate of drug-likeness (QED) is 0.615. The van der Waals surface area contributed by atoms with E-state index >= 15 is 0 Å². The van der Waals surface area contributed by atoms with Crippen LogP contribution >= 0.6 is 11.6 Å². The summed E-state index contributed by atoms with van der Waals surface area (Å²) in [6.07, 6.45) is 1.67. The van der Waals surface area contributed by atoms with Gasteiger partial charge in [0.25, 0.3) is 5.91 Å². The Kier molecular flexibility index (Phi) is 5.94. The fourth-order valence-corrected chi connectivity index (χ4v) is 5.47. The van der Waals surface area contributed by atoms with E-state index in [1.54, 1.807) is 12.1 Å². The van der Waals surface area contributed by atoms with E-state index in [-0.39, 0.29) is 16.5 Å². The van der Waals surface area contributed by atoms with Crippen molar-refractivity contribution in [1.82, 2.24) is 4.31 Å². The van der Waals surface area contributed by atoms with Gasteiger partial charge < -0.3 is 10.1 Å². The second-order valence-corrected chi connectivity index (χ2v) is 9.42. The lowest BCUT2D eigenvalue weighted by Crippen LogP contribution is -2.28. The van der Waals surface area contributed by atoms with Crippen LogP contribution in [0.5, 0.6) is 5.75 Å². The second kappa shape index (κ2) is 8.63. The normalized spacial score (nSPS) is 14.7. The first kappa shape index (κ1) is 20.7. The van der Waals surface area contributed by atoms with Gasteiger partial charge in [0, 0.05) is 18.8 Å². The Bertz CT molecular complexity index is 1190. The highest BCUT2D eigenvalue weighted by Crippen LogP contribution is 2.29. The van der Waals surface area contributed by atoms with Gasteiger partial charge in [0.05, 0.1) is 5.02 Å². The summed E-state index contributed by atoms with van der Waals surface area (Å²) >= 11 is 6.14. The van der Waals surface area contributed by atoms with E-state index in [1.165, 1.54) is 16.4 Å². The molecule has 6 nitrogen and oxygen atoms in total. The third-order valence-electron chi connectivity index (χ3n) is 4.99. The summed E-state index contributed by atoms with van der Waals surface area (Å²) in [5.41, 5.74) is 0.351. The van der Waals surface area contributed by atoms with E-state index in [4.69, 9.17) is 16.3 Å². The topological polar surface area (TPSA) is 75.7 Å². The first-order valence-electron chi connectivity index (χ1n) is 9.65. The lowest BCUT2D eigenvalue weighted by atomic mass is 10.1. The number of carbonyl (C=O) groups excluding carboxylic acids is 1. The summed E-state index contributed by atoms with van der Waals surface area (Å²) in [6, 6.07) is 17.9. The minimum absolute atomic E-state index is 0.000635. The zero-order valence-electron chi connectivity index (χ0n) is 16.2. The van der Waals surface area contributed by atoms with E-state index in [0.717, 1.165) is 23.6 Å². The molecule has 1 N–H and O–H groups in total. The monoisotopic (exact) mass is 444 g/mol. The Balaban J connectivity index is 1.44. The van der Waals surface area contributed by atoms with Crippen LogP contribution in [0.3, 0.4) is 0 Å². The number of halogens is 1. The number of hydrogen-bond donors (Lipinski definition) is 1. The van der Waals surface area contributed by atoms with Gasteiger partial charge in [-0.3, -0.25) is 4.79 Å². The molecule has 3 aromatic carbocycles. The lowest BCUT2D eigenvalue weighted by molar-refractivity contribution is -0.118. The summed E-state index contributed by atoms with van der Waals surface area (Å²) in [6.45, 7) is 0.763. The fourth-order valence-electron chi connectivity index (χ4n) is 3.45. The van der Waals surface area contributed by atoms with Crippen LogP contribution in [0.1, 0.15) is 12.8 Å². The van der Waals surface area contributed by atoms with Crippen LogP contribution in [0.2, 0.25) is 5.02 Å². The van der Waals surface area contributed by atoms with E-state index in [9.17, 15) is 13.2 Å². The van der Waals surface area contributed by atoms with Gasteiger partial charge in [-0.15, -0.1) is 0 Å². The van der Waals surface area contributed by atoms with Crippen LogP contribution in [-0.2, 0) is 14.8 Å². The number of anilines is 1. The van der Waals surface area contributed by atoms with Crippen molar-refractivity contribution >= 4 is 44.0 Å². The molecule has 0 atom stereocenters. The molecule has 8 heteroatoms. The number of fused-ring (bicyclic) bond motifs is 1. The van der Waals surface area contributed by atoms with Gasteiger partial charge in [0.1, 0.15) is 10.6 Å². The molecule has 0 bridgehead atoms. The Hall–Kier alpha value is -2.61. The highest BCUT2D eigenvalue weighted by Gasteiger charge is 2.29. The van der Waals surface area contributed by atoms with Gasteiger partial charge in [-0.2, -0.15) is 4.31 Å². The molecule has 1 heterocycles. The summed E-state index contributed by atoms with van der Waals surface area (Å²) in [5.74, 6) is 0.187. The molecule has 156 valence electrons. The molecule has 1 amide bonds. The molecule has 0 radical (unpaired) electrons. The molecule has 0 spiro atoms. The van der Waals surface area contributed by atoms with Crippen LogP contribution in [0, 0.1) is 0 Å².